The van der Waals surface area contributed by atoms with E-state index in [0.29, 0.717) is 18.8 Å². The maximum atomic E-state index is 13.5. The van der Waals surface area contributed by atoms with E-state index in [0.717, 1.165) is 27.5 Å². The molecule has 150 valence electrons. The minimum absolute atomic E-state index is 0.0324. The summed E-state index contributed by atoms with van der Waals surface area (Å²) in [5.41, 5.74) is 2.04. The van der Waals surface area contributed by atoms with E-state index < -0.39 is 0 Å². The zero-order chi connectivity index (χ0) is 20.3. The summed E-state index contributed by atoms with van der Waals surface area (Å²) in [5.74, 6) is 2.04. The summed E-state index contributed by atoms with van der Waals surface area (Å²) >= 11 is 1.69. The number of carbonyl (C=O) groups excluding carboxylic acids is 1. The zero-order valence-corrected chi connectivity index (χ0v) is 17.8. The molecule has 0 fully saturated rings. The number of thioether (sulfide) groups is 1. The van der Waals surface area contributed by atoms with Gasteiger partial charge in [-0.25, -0.2) is 0 Å². The van der Waals surface area contributed by atoms with Crippen LogP contribution in [0, 0.1) is 0 Å². The third-order valence-corrected chi connectivity index (χ3v) is 6.58. The van der Waals surface area contributed by atoms with Gasteiger partial charge in [0, 0.05) is 29.6 Å². The molecule has 0 bridgehead atoms. The molecule has 2 aromatic rings. The van der Waals surface area contributed by atoms with Crippen molar-refractivity contribution >= 4 is 17.7 Å². The molecule has 0 aromatic heterocycles. The number of methoxy groups -OCH3 is 3. The third kappa shape index (κ3) is 3.65. The molecule has 1 aliphatic rings. The Labute approximate surface area is 171 Å². The van der Waals surface area contributed by atoms with E-state index in [4.69, 9.17) is 14.2 Å². The molecule has 0 N–H and O–H groups in total. The Morgan fingerprint density at radius 2 is 1.61 bits per heavy atom. The summed E-state index contributed by atoms with van der Waals surface area (Å²) in [6.07, 6.45) is 0. The number of amides is 1. The predicted octanol–water partition coefficient (Wildman–Crippen LogP) is 4.51. The number of carbonyl (C=O) groups is 1. The maximum absolute atomic E-state index is 13.5. The lowest BCUT2D eigenvalue weighted by Crippen LogP contribution is -2.35. The summed E-state index contributed by atoms with van der Waals surface area (Å²) in [7, 11) is 4.93. The number of likely N-dealkylation sites (N-methyl/N-ethyl adjacent to an activating group) is 1. The van der Waals surface area contributed by atoms with Crippen molar-refractivity contribution < 1.29 is 19.0 Å². The first-order valence-electron chi connectivity index (χ1n) is 9.43. The number of nitrogens with zero attached hydrogens (tertiary/aromatic N) is 1. The number of hydrogen-bond acceptors (Lipinski definition) is 5. The van der Waals surface area contributed by atoms with Crippen molar-refractivity contribution in [3.8, 4) is 17.2 Å². The first kappa shape index (κ1) is 20.4. The number of rotatable bonds is 7. The normalized spacial score (nSPS) is 17.8. The van der Waals surface area contributed by atoms with E-state index in [1.807, 2.05) is 55.1 Å². The Kier molecular flexibility index (Phi) is 6.39. The van der Waals surface area contributed by atoms with Crippen LogP contribution in [0.1, 0.15) is 36.1 Å². The van der Waals surface area contributed by atoms with Gasteiger partial charge in [-0.05, 0) is 37.6 Å². The molecular formula is C22H27NO4S. The van der Waals surface area contributed by atoms with Crippen LogP contribution in [0.5, 0.6) is 17.2 Å². The van der Waals surface area contributed by atoms with Gasteiger partial charge in [0.1, 0.15) is 17.2 Å². The second-order valence-corrected chi connectivity index (χ2v) is 7.72. The Morgan fingerprint density at radius 1 is 0.964 bits per heavy atom. The van der Waals surface area contributed by atoms with Gasteiger partial charge in [0.2, 0.25) is 5.91 Å². The highest BCUT2D eigenvalue weighted by Gasteiger charge is 2.43. The fourth-order valence-electron chi connectivity index (χ4n) is 3.66. The van der Waals surface area contributed by atoms with Crippen LogP contribution in [0.2, 0.25) is 0 Å². The standard InChI is InChI=1S/C22H27NO4S/c1-6-23(7-2)22(24)20-19-17(27-5)12-16(26-4)13-18(19)28-21(20)14-8-10-15(25-3)11-9-14/h8-13,20-21H,6-7H2,1-5H3. The van der Waals surface area contributed by atoms with Crippen LogP contribution in [0.15, 0.2) is 41.3 Å². The summed E-state index contributed by atoms with van der Waals surface area (Å²) < 4.78 is 16.4. The average molecular weight is 402 g/mol. The first-order chi connectivity index (χ1) is 13.6. The van der Waals surface area contributed by atoms with E-state index in [9.17, 15) is 4.79 Å². The van der Waals surface area contributed by atoms with Crippen LogP contribution in [0.3, 0.4) is 0 Å². The SMILES string of the molecule is CCN(CC)C(=O)C1c2c(OC)cc(OC)cc2SC1c1ccc(OC)cc1. The highest BCUT2D eigenvalue weighted by molar-refractivity contribution is 8.00. The summed E-state index contributed by atoms with van der Waals surface area (Å²) in [5, 5.41) is -0.0324. The predicted molar refractivity (Wildman–Crippen MR) is 112 cm³/mol. The number of benzene rings is 2. The molecule has 2 atom stereocenters. The van der Waals surface area contributed by atoms with Crippen molar-refractivity contribution in [2.24, 2.45) is 0 Å². The Morgan fingerprint density at radius 3 is 2.14 bits per heavy atom. The molecule has 2 unspecified atom stereocenters. The molecule has 1 heterocycles. The summed E-state index contributed by atoms with van der Waals surface area (Å²) in [6.45, 7) is 5.38. The number of hydrogen-bond donors (Lipinski definition) is 0. The largest absolute Gasteiger partial charge is 0.497 e. The third-order valence-electron chi connectivity index (χ3n) is 5.19. The zero-order valence-electron chi connectivity index (χ0n) is 17.0. The molecule has 0 radical (unpaired) electrons. The smallest absolute Gasteiger partial charge is 0.231 e. The van der Waals surface area contributed by atoms with Crippen LogP contribution in [0.4, 0.5) is 0 Å². The van der Waals surface area contributed by atoms with E-state index in [-0.39, 0.29) is 17.1 Å². The van der Waals surface area contributed by atoms with Crippen molar-refractivity contribution in [1.82, 2.24) is 4.90 Å². The van der Waals surface area contributed by atoms with Crippen LogP contribution >= 0.6 is 11.8 Å². The fraction of sp³-hybridized carbons (Fsp3) is 0.409. The van der Waals surface area contributed by atoms with Gasteiger partial charge in [0.15, 0.2) is 0 Å². The molecule has 3 rings (SSSR count). The molecule has 28 heavy (non-hydrogen) atoms. The van der Waals surface area contributed by atoms with E-state index in [1.165, 1.54) is 0 Å². The highest BCUT2D eigenvalue weighted by Crippen LogP contribution is 2.58. The molecule has 0 saturated heterocycles. The van der Waals surface area contributed by atoms with Gasteiger partial charge in [0.25, 0.3) is 0 Å². The second-order valence-electron chi connectivity index (χ2n) is 6.54. The van der Waals surface area contributed by atoms with Gasteiger partial charge in [-0.2, -0.15) is 0 Å². The minimum Gasteiger partial charge on any atom is -0.497 e. The second kappa shape index (κ2) is 8.78. The van der Waals surface area contributed by atoms with E-state index in [2.05, 4.69) is 0 Å². The molecular weight excluding hydrogens is 374 g/mol. The molecule has 0 spiro atoms. The first-order valence-corrected chi connectivity index (χ1v) is 10.3. The van der Waals surface area contributed by atoms with Gasteiger partial charge >= 0.3 is 0 Å². The summed E-state index contributed by atoms with van der Waals surface area (Å²) in [6, 6.07) is 11.8. The van der Waals surface area contributed by atoms with Crippen molar-refractivity contribution in [2.75, 3.05) is 34.4 Å². The van der Waals surface area contributed by atoms with Crippen LogP contribution in [-0.2, 0) is 4.79 Å². The van der Waals surface area contributed by atoms with E-state index >= 15 is 0 Å². The number of ether oxygens (including phenoxy) is 3. The Balaban J connectivity index is 2.11. The molecule has 1 amide bonds. The van der Waals surface area contributed by atoms with Crippen molar-refractivity contribution in [2.45, 2.75) is 29.9 Å². The lowest BCUT2D eigenvalue weighted by Gasteiger charge is -2.27. The lowest BCUT2D eigenvalue weighted by molar-refractivity contribution is -0.132. The average Bonchev–Trinajstić information content (AvgIpc) is 3.13. The quantitative estimate of drug-likeness (QED) is 0.683. The van der Waals surface area contributed by atoms with Gasteiger partial charge in [-0.15, -0.1) is 11.8 Å². The van der Waals surface area contributed by atoms with Crippen molar-refractivity contribution in [1.29, 1.82) is 0 Å². The fourth-order valence-corrected chi connectivity index (χ4v) is 5.16. The Bertz CT molecular complexity index is 833. The number of fused-ring (bicyclic) bond motifs is 1. The van der Waals surface area contributed by atoms with Gasteiger partial charge in [-0.3, -0.25) is 4.79 Å². The van der Waals surface area contributed by atoms with E-state index in [1.54, 1.807) is 33.1 Å². The minimum atomic E-state index is -0.311. The van der Waals surface area contributed by atoms with Crippen molar-refractivity contribution in [3.05, 3.63) is 47.5 Å². The van der Waals surface area contributed by atoms with Gasteiger partial charge < -0.3 is 19.1 Å². The summed E-state index contributed by atoms with van der Waals surface area (Å²) in [4.78, 5) is 16.4. The monoisotopic (exact) mass is 401 g/mol. The van der Waals surface area contributed by atoms with Gasteiger partial charge in [0.05, 0.1) is 32.5 Å². The maximum Gasteiger partial charge on any atom is 0.231 e. The van der Waals surface area contributed by atoms with Gasteiger partial charge in [-0.1, -0.05) is 12.1 Å². The topological polar surface area (TPSA) is 48.0 Å². The molecule has 6 heteroatoms. The molecule has 0 aliphatic carbocycles. The lowest BCUT2D eigenvalue weighted by atomic mass is 9.89. The molecule has 1 aliphatic heterocycles. The molecule has 5 nitrogen and oxygen atoms in total. The Hall–Kier alpha value is -2.34. The van der Waals surface area contributed by atoms with Crippen LogP contribution in [-0.4, -0.2) is 45.2 Å². The van der Waals surface area contributed by atoms with Crippen molar-refractivity contribution in [3.63, 3.8) is 0 Å². The molecule has 0 saturated carbocycles. The van der Waals surface area contributed by atoms with Crippen LogP contribution in [0.25, 0.3) is 0 Å². The highest BCUT2D eigenvalue weighted by atomic mass is 32.2. The molecule has 2 aromatic carbocycles. The van der Waals surface area contributed by atoms with Crippen LogP contribution < -0.4 is 14.2 Å².